The molecule has 1 saturated carbocycles. The maximum Gasteiger partial charge on any atom is 0.311 e. The molecule has 1 heterocycles. The number of hydrogen-bond acceptors (Lipinski definition) is 3. The van der Waals surface area contributed by atoms with Crippen LogP contribution in [0.3, 0.4) is 0 Å². The van der Waals surface area contributed by atoms with Crippen molar-refractivity contribution in [3.05, 3.63) is 28.8 Å². The first kappa shape index (κ1) is 16.0. The Bertz CT molecular complexity index is 632. The fourth-order valence-corrected chi connectivity index (χ4v) is 4.19. The second-order valence-electron chi connectivity index (χ2n) is 6.86. The minimum atomic E-state index is -0.346. The van der Waals surface area contributed by atoms with Gasteiger partial charge < -0.3 is 9.64 Å². The number of aryl methyl sites for hydroxylation is 1. The summed E-state index contributed by atoms with van der Waals surface area (Å²) in [5.74, 6) is 0.00294. The zero-order valence-corrected chi connectivity index (χ0v) is 14.2. The molecule has 0 radical (unpaired) electrons. The summed E-state index contributed by atoms with van der Waals surface area (Å²) in [4.78, 5) is 26.0. The largest absolute Gasteiger partial charge is 0.469 e. The van der Waals surface area contributed by atoms with Crippen molar-refractivity contribution in [3.63, 3.8) is 0 Å². The van der Waals surface area contributed by atoms with E-state index in [1.54, 1.807) is 4.90 Å². The molecule has 1 saturated heterocycles. The zero-order chi connectivity index (χ0) is 16.6. The Hall–Kier alpha value is -1.84. The lowest BCUT2D eigenvalue weighted by atomic mass is 9.90. The number of amides is 1. The minimum absolute atomic E-state index is 0.0233. The maximum atomic E-state index is 12.5. The van der Waals surface area contributed by atoms with Crippen LogP contribution < -0.4 is 4.90 Å². The summed E-state index contributed by atoms with van der Waals surface area (Å²) in [5, 5.41) is 0. The van der Waals surface area contributed by atoms with Crippen molar-refractivity contribution in [2.45, 2.75) is 51.9 Å². The van der Waals surface area contributed by atoms with Gasteiger partial charge in [0.15, 0.2) is 0 Å². The summed E-state index contributed by atoms with van der Waals surface area (Å²) in [5.41, 5.74) is 4.68. The molecule has 1 aromatic rings. The smallest absolute Gasteiger partial charge is 0.311 e. The fourth-order valence-electron chi connectivity index (χ4n) is 4.19. The Kier molecular flexibility index (Phi) is 4.42. The quantitative estimate of drug-likeness (QED) is 0.802. The van der Waals surface area contributed by atoms with E-state index in [0.29, 0.717) is 12.5 Å². The maximum absolute atomic E-state index is 12.5. The third-order valence-electron chi connectivity index (χ3n) is 5.40. The Morgan fingerprint density at radius 1 is 1.22 bits per heavy atom. The molecule has 1 aromatic carbocycles. The lowest BCUT2D eigenvalue weighted by molar-refractivity contribution is -0.145. The molecule has 124 valence electrons. The number of benzene rings is 1. The number of hydrogen-bond donors (Lipinski definition) is 0. The first-order valence-electron chi connectivity index (χ1n) is 8.51. The highest BCUT2D eigenvalue weighted by atomic mass is 16.5. The number of carbonyl (C=O) groups excluding carboxylic acids is 2. The Balaban J connectivity index is 1.94. The number of carbonyl (C=O) groups is 2. The molecule has 1 atom stereocenters. The second-order valence-corrected chi connectivity index (χ2v) is 6.86. The Morgan fingerprint density at radius 2 is 1.91 bits per heavy atom. The number of anilines is 1. The van der Waals surface area contributed by atoms with Crippen LogP contribution in [0.2, 0.25) is 0 Å². The van der Waals surface area contributed by atoms with Crippen LogP contribution in [0.15, 0.2) is 12.1 Å². The van der Waals surface area contributed by atoms with Gasteiger partial charge in [-0.3, -0.25) is 9.59 Å². The van der Waals surface area contributed by atoms with Gasteiger partial charge in [0.2, 0.25) is 5.91 Å². The highest BCUT2D eigenvalue weighted by Gasteiger charge is 2.37. The van der Waals surface area contributed by atoms with E-state index < -0.39 is 0 Å². The lowest BCUT2D eigenvalue weighted by Gasteiger charge is -2.25. The van der Waals surface area contributed by atoms with Gasteiger partial charge in [-0.05, 0) is 49.3 Å². The zero-order valence-electron chi connectivity index (χ0n) is 14.2. The standard InChI is InChI=1S/C19H25NO3/c1-12-8-9-16(14-6-4-5-7-14)13(2)18(12)20-11-15(10-17(20)21)19(22)23-3/h8-9,14-15H,4-7,10-11H2,1-3H3. The van der Waals surface area contributed by atoms with E-state index in [1.165, 1.54) is 43.9 Å². The molecule has 1 aliphatic carbocycles. The van der Waals surface area contributed by atoms with Crippen molar-refractivity contribution < 1.29 is 14.3 Å². The number of methoxy groups -OCH3 is 1. The van der Waals surface area contributed by atoms with Crippen molar-refractivity contribution in [1.82, 2.24) is 0 Å². The molecule has 0 N–H and O–H groups in total. The summed E-state index contributed by atoms with van der Waals surface area (Å²) in [6, 6.07) is 4.34. The van der Waals surface area contributed by atoms with Crippen molar-refractivity contribution in [2.75, 3.05) is 18.6 Å². The average molecular weight is 315 g/mol. The van der Waals surface area contributed by atoms with Crippen molar-refractivity contribution in [1.29, 1.82) is 0 Å². The van der Waals surface area contributed by atoms with E-state index in [0.717, 1.165) is 11.3 Å². The van der Waals surface area contributed by atoms with Gasteiger partial charge in [-0.25, -0.2) is 0 Å². The van der Waals surface area contributed by atoms with Crippen molar-refractivity contribution in [3.8, 4) is 0 Å². The predicted octanol–water partition coefficient (Wildman–Crippen LogP) is 3.49. The summed E-state index contributed by atoms with van der Waals surface area (Å²) in [7, 11) is 1.38. The summed E-state index contributed by atoms with van der Waals surface area (Å²) in [6.45, 7) is 4.59. The van der Waals surface area contributed by atoms with Crippen LogP contribution in [-0.4, -0.2) is 25.5 Å². The molecule has 4 heteroatoms. The number of nitrogens with zero attached hydrogens (tertiary/aromatic N) is 1. The van der Waals surface area contributed by atoms with Gasteiger partial charge in [-0.2, -0.15) is 0 Å². The van der Waals surface area contributed by atoms with Crippen LogP contribution in [0.4, 0.5) is 5.69 Å². The van der Waals surface area contributed by atoms with E-state index in [9.17, 15) is 9.59 Å². The van der Waals surface area contributed by atoms with Gasteiger partial charge >= 0.3 is 5.97 Å². The summed E-state index contributed by atoms with van der Waals surface area (Å²) < 4.78 is 4.81. The molecule has 1 amide bonds. The topological polar surface area (TPSA) is 46.6 Å². The van der Waals surface area contributed by atoms with Gasteiger partial charge in [0.05, 0.1) is 13.0 Å². The third-order valence-corrected chi connectivity index (χ3v) is 5.40. The van der Waals surface area contributed by atoms with Crippen molar-refractivity contribution in [2.24, 2.45) is 5.92 Å². The van der Waals surface area contributed by atoms with Crippen LogP contribution in [0, 0.1) is 19.8 Å². The van der Waals surface area contributed by atoms with Gasteiger partial charge in [0.25, 0.3) is 0 Å². The monoisotopic (exact) mass is 315 g/mol. The fraction of sp³-hybridized carbons (Fsp3) is 0.579. The Labute approximate surface area is 137 Å². The minimum Gasteiger partial charge on any atom is -0.469 e. The second kappa shape index (κ2) is 6.34. The van der Waals surface area contributed by atoms with E-state index in [1.807, 2.05) is 6.92 Å². The SMILES string of the molecule is COC(=O)C1CC(=O)N(c2c(C)ccc(C3CCCC3)c2C)C1. The number of esters is 1. The molecular weight excluding hydrogens is 290 g/mol. The molecule has 23 heavy (non-hydrogen) atoms. The molecular formula is C19H25NO3. The molecule has 0 spiro atoms. The highest BCUT2D eigenvalue weighted by molar-refractivity contribution is 6.00. The van der Waals surface area contributed by atoms with Crippen LogP contribution in [-0.2, 0) is 14.3 Å². The first-order valence-corrected chi connectivity index (χ1v) is 8.51. The van der Waals surface area contributed by atoms with Gasteiger partial charge in [0, 0.05) is 18.7 Å². The van der Waals surface area contributed by atoms with E-state index in [2.05, 4.69) is 19.1 Å². The van der Waals surface area contributed by atoms with Gasteiger partial charge in [0.1, 0.15) is 0 Å². The van der Waals surface area contributed by atoms with Crippen LogP contribution >= 0.6 is 0 Å². The van der Waals surface area contributed by atoms with E-state index >= 15 is 0 Å². The molecule has 0 bridgehead atoms. The number of ether oxygens (including phenoxy) is 1. The molecule has 0 aromatic heterocycles. The summed E-state index contributed by atoms with van der Waals surface area (Å²) >= 11 is 0. The Morgan fingerprint density at radius 3 is 2.57 bits per heavy atom. The number of rotatable bonds is 3. The highest BCUT2D eigenvalue weighted by Crippen LogP contribution is 2.40. The lowest BCUT2D eigenvalue weighted by Crippen LogP contribution is -2.28. The third kappa shape index (κ3) is 2.87. The van der Waals surface area contributed by atoms with E-state index in [-0.39, 0.29) is 24.2 Å². The van der Waals surface area contributed by atoms with Crippen LogP contribution in [0.5, 0.6) is 0 Å². The molecule has 2 fully saturated rings. The summed E-state index contributed by atoms with van der Waals surface area (Å²) in [6.07, 6.45) is 5.31. The molecule has 2 aliphatic rings. The van der Waals surface area contributed by atoms with Crippen molar-refractivity contribution >= 4 is 17.6 Å². The van der Waals surface area contributed by atoms with Gasteiger partial charge in [-0.1, -0.05) is 25.0 Å². The predicted molar refractivity (Wildman–Crippen MR) is 89.6 cm³/mol. The van der Waals surface area contributed by atoms with E-state index in [4.69, 9.17) is 4.74 Å². The molecule has 1 aliphatic heterocycles. The molecule has 4 nitrogen and oxygen atoms in total. The van der Waals surface area contributed by atoms with Crippen LogP contribution in [0.25, 0.3) is 0 Å². The first-order chi connectivity index (χ1) is 11.0. The normalized spacial score (nSPS) is 22.0. The molecule has 1 unspecified atom stereocenters. The average Bonchev–Trinajstić information content (AvgIpc) is 3.17. The van der Waals surface area contributed by atoms with Crippen LogP contribution in [0.1, 0.15) is 54.7 Å². The molecule has 3 rings (SSSR count). The van der Waals surface area contributed by atoms with Gasteiger partial charge in [-0.15, -0.1) is 0 Å².